The van der Waals surface area contributed by atoms with Crippen LogP contribution in [-0.4, -0.2) is 24.8 Å². The zero-order valence-corrected chi connectivity index (χ0v) is 14.9. The smallest absolute Gasteiger partial charge is 0.332 e. The molecule has 1 aliphatic heterocycles. The van der Waals surface area contributed by atoms with Gasteiger partial charge in [0.1, 0.15) is 6.10 Å². The molecule has 0 aromatic heterocycles. The Kier molecular flexibility index (Phi) is 5.40. The van der Waals surface area contributed by atoms with E-state index in [9.17, 15) is 4.79 Å². The summed E-state index contributed by atoms with van der Waals surface area (Å²) in [6.45, 7) is 3.91. The molecule has 5 nitrogen and oxygen atoms in total. The number of hydrogen-bond donors (Lipinski definition) is 1. The van der Waals surface area contributed by atoms with Gasteiger partial charge in [-0.05, 0) is 13.8 Å². The normalized spacial score (nSPS) is 22.2. The molecule has 0 spiro atoms. The number of hydrogen-bond acceptors (Lipinski definition) is 5. The zero-order valence-electron chi connectivity index (χ0n) is 14.9. The van der Waals surface area contributed by atoms with Crippen LogP contribution in [0, 0.1) is 0 Å². The van der Waals surface area contributed by atoms with Gasteiger partial charge in [-0.2, -0.15) is 0 Å². The summed E-state index contributed by atoms with van der Waals surface area (Å²) in [5.41, 5.74) is 8.15. The molecular weight excluding hydrogens is 330 g/mol. The summed E-state index contributed by atoms with van der Waals surface area (Å²) in [5, 5.41) is 0. The predicted octanol–water partition coefficient (Wildman–Crippen LogP) is 3.10. The number of benzene rings is 2. The van der Waals surface area contributed by atoms with Crippen molar-refractivity contribution >= 4 is 5.97 Å². The Hall–Kier alpha value is -2.63. The molecule has 26 heavy (non-hydrogen) atoms. The molecule has 5 heteroatoms. The maximum absolute atomic E-state index is 11.7. The van der Waals surface area contributed by atoms with Gasteiger partial charge in [0, 0.05) is 22.9 Å². The SMILES string of the molecule is CCOC(=O)C=C(N)[C@@H]1OC(c2ccccc2)(c2ccccc2)O[C@H]1C. The minimum absolute atomic E-state index is 0.282. The van der Waals surface area contributed by atoms with Crippen LogP contribution in [0.25, 0.3) is 0 Å². The van der Waals surface area contributed by atoms with Gasteiger partial charge in [0.2, 0.25) is 5.79 Å². The second kappa shape index (κ2) is 7.72. The summed E-state index contributed by atoms with van der Waals surface area (Å²) in [6, 6.07) is 19.4. The molecule has 2 aromatic rings. The third kappa shape index (κ3) is 3.49. The highest BCUT2D eigenvalue weighted by Gasteiger charge is 2.49. The molecule has 3 rings (SSSR count). The first-order chi connectivity index (χ1) is 12.6. The Balaban J connectivity index is 1.99. The summed E-state index contributed by atoms with van der Waals surface area (Å²) in [5.74, 6) is -1.57. The van der Waals surface area contributed by atoms with Gasteiger partial charge in [0.15, 0.2) is 0 Å². The van der Waals surface area contributed by atoms with Crippen molar-refractivity contribution in [3.8, 4) is 0 Å². The van der Waals surface area contributed by atoms with Crippen molar-refractivity contribution in [3.05, 3.63) is 83.6 Å². The van der Waals surface area contributed by atoms with Crippen molar-refractivity contribution in [1.29, 1.82) is 0 Å². The van der Waals surface area contributed by atoms with Gasteiger partial charge in [-0.1, -0.05) is 60.7 Å². The fraction of sp³-hybridized carbons (Fsp3) is 0.286. The molecule has 0 bridgehead atoms. The monoisotopic (exact) mass is 353 g/mol. The van der Waals surface area contributed by atoms with E-state index in [2.05, 4.69) is 0 Å². The quantitative estimate of drug-likeness (QED) is 0.661. The highest BCUT2D eigenvalue weighted by molar-refractivity contribution is 5.82. The third-order valence-electron chi connectivity index (χ3n) is 4.28. The number of ether oxygens (including phenoxy) is 3. The van der Waals surface area contributed by atoms with Crippen LogP contribution in [0.4, 0.5) is 0 Å². The second-order valence-corrected chi connectivity index (χ2v) is 6.11. The lowest BCUT2D eigenvalue weighted by Gasteiger charge is -2.29. The molecular formula is C21H23NO4. The van der Waals surface area contributed by atoms with E-state index in [1.54, 1.807) is 6.92 Å². The van der Waals surface area contributed by atoms with Gasteiger partial charge in [0.05, 0.1) is 12.7 Å². The van der Waals surface area contributed by atoms with E-state index in [0.717, 1.165) is 11.1 Å². The molecule has 1 saturated heterocycles. The molecule has 2 N–H and O–H groups in total. The van der Waals surface area contributed by atoms with Crippen LogP contribution in [0.15, 0.2) is 72.4 Å². The lowest BCUT2D eigenvalue weighted by atomic mass is 9.97. The van der Waals surface area contributed by atoms with Crippen LogP contribution in [-0.2, 0) is 24.8 Å². The standard InChI is InChI=1S/C21H23NO4/c1-3-24-19(23)14-18(22)20-15(2)25-21(26-20,16-10-6-4-7-11-16)17-12-8-5-9-13-17/h4-15,20H,3,22H2,1-2H3/t15-,20+/m0/s1. The van der Waals surface area contributed by atoms with Crippen LogP contribution in [0.5, 0.6) is 0 Å². The first kappa shape index (κ1) is 18.2. The van der Waals surface area contributed by atoms with Crippen molar-refractivity contribution in [2.24, 2.45) is 5.73 Å². The van der Waals surface area contributed by atoms with Crippen molar-refractivity contribution in [2.45, 2.75) is 31.8 Å². The Morgan fingerprint density at radius 3 is 2.12 bits per heavy atom. The number of carbonyl (C=O) groups excluding carboxylic acids is 1. The summed E-state index contributed by atoms with van der Waals surface area (Å²) < 4.78 is 17.6. The number of nitrogens with two attached hydrogens (primary N) is 1. The molecule has 1 aliphatic rings. The zero-order chi connectivity index (χ0) is 18.6. The Labute approximate surface area is 153 Å². The minimum atomic E-state index is -1.08. The highest BCUT2D eigenvalue weighted by atomic mass is 16.8. The largest absolute Gasteiger partial charge is 0.463 e. The topological polar surface area (TPSA) is 70.8 Å². The number of carbonyl (C=O) groups is 1. The fourth-order valence-electron chi connectivity index (χ4n) is 3.12. The van der Waals surface area contributed by atoms with Gasteiger partial charge >= 0.3 is 5.97 Å². The van der Waals surface area contributed by atoms with Gasteiger partial charge in [-0.15, -0.1) is 0 Å². The Bertz CT molecular complexity index is 734. The van der Waals surface area contributed by atoms with Crippen molar-refractivity contribution < 1.29 is 19.0 Å². The van der Waals surface area contributed by atoms with E-state index < -0.39 is 17.9 Å². The molecule has 0 amide bonds. The van der Waals surface area contributed by atoms with Crippen LogP contribution in [0.3, 0.4) is 0 Å². The van der Waals surface area contributed by atoms with E-state index in [0.29, 0.717) is 0 Å². The fourth-order valence-corrected chi connectivity index (χ4v) is 3.12. The summed E-state index contributed by atoms with van der Waals surface area (Å²) >= 11 is 0. The molecule has 0 unspecified atom stereocenters. The number of rotatable bonds is 5. The molecule has 0 radical (unpaired) electrons. The van der Waals surface area contributed by atoms with Crippen LogP contribution in [0.2, 0.25) is 0 Å². The molecule has 2 atom stereocenters. The Morgan fingerprint density at radius 2 is 1.62 bits per heavy atom. The summed E-state index contributed by atoms with van der Waals surface area (Å²) in [4.78, 5) is 11.7. The molecule has 0 saturated carbocycles. The van der Waals surface area contributed by atoms with Crippen molar-refractivity contribution in [3.63, 3.8) is 0 Å². The van der Waals surface area contributed by atoms with Crippen LogP contribution >= 0.6 is 0 Å². The molecule has 136 valence electrons. The van der Waals surface area contributed by atoms with Gasteiger partial charge in [-0.3, -0.25) is 0 Å². The van der Waals surface area contributed by atoms with Crippen molar-refractivity contribution in [1.82, 2.24) is 0 Å². The average molecular weight is 353 g/mol. The Morgan fingerprint density at radius 1 is 1.08 bits per heavy atom. The minimum Gasteiger partial charge on any atom is -0.463 e. The van der Waals surface area contributed by atoms with E-state index in [4.69, 9.17) is 19.9 Å². The lowest BCUT2D eigenvalue weighted by Crippen LogP contribution is -2.31. The van der Waals surface area contributed by atoms with Crippen LogP contribution in [0.1, 0.15) is 25.0 Å². The lowest BCUT2D eigenvalue weighted by molar-refractivity contribution is -0.147. The molecule has 1 heterocycles. The van der Waals surface area contributed by atoms with E-state index in [1.807, 2.05) is 67.6 Å². The highest BCUT2D eigenvalue weighted by Crippen LogP contribution is 2.44. The van der Waals surface area contributed by atoms with E-state index >= 15 is 0 Å². The molecule has 1 fully saturated rings. The summed E-state index contributed by atoms with van der Waals surface area (Å²) in [6.07, 6.45) is 0.348. The third-order valence-corrected chi connectivity index (χ3v) is 4.28. The van der Waals surface area contributed by atoms with E-state index in [1.165, 1.54) is 6.08 Å². The van der Waals surface area contributed by atoms with Gasteiger partial charge in [-0.25, -0.2) is 4.79 Å². The molecule has 0 aliphatic carbocycles. The second-order valence-electron chi connectivity index (χ2n) is 6.11. The van der Waals surface area contributed by atoms with Gasteiger partial charge < -0.3 is 19.9 Å². The molecule has 2 aromatic carbocycles. The van der Waals surface area contributed by atoms with Gasteiger partial charge in [0.25, 0.3) is 0 Å². The average Bonchev–Trinajstić information content (AvgIpc) is 3.02. The van der Waals surface area contributed by atoms with Crippen molar-refractivity contribution in [2.75, 3.05) is 6.61 Å². The van der Waals surface area contributed by atoms with Crippen LogP contribution < -0.4 is 5.73 Å². The first-order valence-electron chi connectivity index (χ1n) is 8.67. The predicted molar refractivity (Wildman–Crippen MR) is 98.0 cm³/mol. The first-order valence-corrected chi connectivity index (χ1v) is 8.67. The summed E-state index contributed by atoms with van der Waals surface area (Å²) in [7, 11) is 0. The van der Waals surface area contributed by atoms with E-state index in [-0.39, 0.29) is 18.4 Å². The maximum Gasteiger partial charge on any atom is 0.332 e. The maximum atomic E-state index is 11.7. The number of esters is 1.